The summed E-state index contributed by atoms with van der Waals surface area (Å²) in [6.45, 7) is 3.56. The molecular formula is C19H23N3O5. The number of carbonyl (C=O) groups excluding carboxylic acids is 3. The molecule has 0 radical (unpaired) electrons. The van der Waals surface area contributed by atoms with Gasteiger partial charge in [0.2, 0.25) is 0 Å². The van der Waals surface area contributed by atoms with E-state index in [1.807, 2.05) is 19.9 Å². The molecule has 2 aromatic rings. The third kappa shape index (κ3) is 6.50. The van der Waals surface area contributed by atoms with E-state index in [0.29, 0.717) is 18.0 Å². The van der Waals surface area contributed by atoms with Crippen molar-refractivity contribution < 1.29 is 23.5 Å². The minimum Gasteiger partial charge on any atom is -0.467 e. The first kappa shape index (κ1) is 20.0. The molecule has 3 N–H and O–H groups in total. The molecule has 1 heterocycles. The van der Waals surface area contributed by atoms with Crippen molar-refractivity contribution in [2.45, 2.75) is 32.9 Å². The third-order valence-corrected chi connectivity index (χ3v) is 3.76. The number of nitrogens with one attached hydrogen (secondary N) is 3. The van der Waals surface area contributed by atoms with Crippen molar-refractivity contribution in [3.8, 4) is 0 Å². The van der Waals surface area contributed by atoms with Crippen LogP contribution in [0.2, 0.25) is 0 Å². The van der Waals surface area contributed by atoms with Gasteiger partial charge in [0, 0.05) is 11.7 Å². The van der Waals surface area contributed by atoms with Gasteiger partial charge in [-0.1, -0.05) is 19.1 Å². The number of hydrogen-bond donors (Lipinski definition) is 3. The smallest absolute Gasteiger partial charge is 0.340 e. The fraction of sp³-hybridized carbons (Fsp3) is 0.316. The molecular weight excluding hydrogens is 350 g/mol. The average molecular weight is 373 g/mol. The summed E-state index contributed by atoms with van der Waals surface area (Å²) in [7, 11) is 0. The van der Waals surface area contributed by atoms with Crippen LogP contribution in [0.4, 0.5) is 10.5 Å². The lowest BCUT2D eigenvalue weighted by atomic mass is 10.2. The summed E-state index contributed by atoms with van der Waals surface area (Å²) in [6, 6.07) is 9.66. The molecule has 1 atom stereocenters. The minimum absolute atomic E-state index is 0.0625. The molecule has 0 spiro atoms. The van der Waals surface area contributed by atoms with Crippen molar-refractivity contribution in [3.63, 3.8) is 0 Å². The Kier molecular flexibility index (Phi) is 7.42. The highest BCUT2D eigenvalue weighted by atomic mass is 16.5. The zero-order valence-electron chi connectivity index (χ0n) is 15.3. The van der Waals surface area contributed by atoms with Crippen molar-refractivity contribution in [3.05, 3.63) is 54.0 Å². The number of furan rings is 1. The van der Waals surface area contributed by atoms with Crippen LogP contribution in [-0.2, 0) is 16.1 Å². The standard InChI is InChI=1S/C19H23N3O5/c1-3-13(2)21-19(25)22-17(23)12-27-18(24)15-8-4-5-9-16(15)20-11-14-7-6-10-26-14/h4-10,13,20H,3,11-12H2,1-2H3,(H2,21,22,23,25)/t13-/m0/s1. The van der Waals surface area contributed by atoms with Gasteiger partial charge in [-0.15, -0.1) is 0 Å². The maximum atomic E-state index is 12.3. The second-order valence-corrected chi connectivity index (χ2v) is 5.89. The molecule has 0 fully saturated rings. The Bertz CT molecular complexity index is 773. The number of amides is 3. The van der Waals surface area contributed by atoms with Crippen LogP contribution < -0.4 is 16.0 Å². The SMILES string of the molecule is CC[C@H](C)NC(=O)NC(=O)COC(=O)c1ccccc1NCc1ccco1. The molecule has 2 rings (SSSR count). The molecule has 0 saturated heterocycles. The summed E-state index contributed by atoms with van der Waals surface area (Å²) < 4.78 is 10.2. The first-order valence-electron chi connectivity index (χ1n) is 8.62. The van der Waals surface area contributed by atoms with E-state index >= 15 is 0 Å². The Morgan fingerprint density at radius 3 is 2.63 bits per heavy atom. The molecule has 0 bridgehead atoms. The molecule has 0 aliphatic carbocycles. The van der Waals surface area contributed by atoms with Crippen LogP contribution >= 0.6 is 0 Å². The van der Waals surface area contributed by atoms with Crippen molar-refractivity contribution in [2.75, 3.05) is 11.9 Å². The Hall–Kier alpha value is -3.29. The number of urea groups is 1. The van der Waals surface area contributed by atoms with Gasteiger partial charge in [0.1, 0.15) is 5.76 Å². The normalized spacial score (nSPS) is 11.3. The summed E-state index contributed by atoms with van der Waals surface area (Å²) >= 11 is 0. The molecule has 8 heteroatoms. The van der Waals surface area contributed by atoms with Crippen molar-refractivity contribution in [1.82, 2.24) is 10.6 Å². The van der Waals surface area contributed by atoms with Crippen LogP contribution in [-0.4, -0.2) is 30.6 Å². The van der Waals surface area contributed by atoms with Crippen LogP contribution in [0, 0.1) is 0 Å². The molecule has 1 aromatic heterocycles. The Morgan fingerprint density at radius 2 is 1.93 bits per heavy atom. The largest absolute Gasteiger partial charge is 0.467 e. The van der Waals surface area contributed by atoms with Gasteiger partial charge < -0.3 is 19.8 Å². The van der Waals surface area contributed by atoms with E-state index < -0.39 is 24.5 Å². The molecule has 27 heavy (non-hydrogen) atoms. The summed E-state index contributed by atoms with van der Waals surface area (Å²) in [6.07, 6.45) is 2.30. The molecule has 0 aliphatic rings. The number of benzene rings is 1. The second-order valence-electron chi connectivity index (χ2n) is 5.89. The minimum atomic E-state index is -0.704. The average Bonchev–Trinajstić information content (AvgIpc) is 3.18. The lowest BCUT2D eigenvalue weighted by Crippen LogP contribution is -2.44. The van der Waals surface area contributed by atoms with Crippen LogP contribution in [0.25, 0.3) is 0 Å². The topological polar surface area (TPSA) is 110 Å². The van der Waals surface area contributed by atoms with E-state index in [4.69, 9.17) is 9.15 Å². The van der Waals surface area contributed by atoms with Gasteiger partial charge in [-0.2, -0.15) is 0 Å². The first-order chi connectivity index (χ1) is 13.0. The Balaban J connectivity index is 1.86. The van der Waals surface area contributed by atoms with Crippen LogP contribution in [0.5, 0.6) is 0 Å². The Morgan fingerprint density at radius 1 is 1.15 bits per heavy atom. The highest BCUT2D eigenvalue weighted by Gasteiger charge is 2.16. The van der Waals surface area contributed by atoms with Gasteiger partial charge in [-0.3, -0.25) is 10.1 Å². The summed E-state index contributed by atoms with van der Waals surface area (Å²) in [4.78, 5) is 35.6. The van der Waals surface area contributed by atoms with E-state index in [9.17, 15) is 14.4 Å². The molecule has 8 nitrogen and oxygen atoms in total. The predicted molar refractivity (Wildman–Crippen MR) is 99.2 cm³/mol. The quantitative estimate of drug-likeness (QED) is 0.614. The van der Waals surface area contributed by atoms with Gasteiger partial charge >= 0.3 is 12.0 Å². The molecule has 0 aliphatic heterocycles. The number of carbonyl (C=O) groups is 3. The van der Waals surface area contributed by atoms with Gasteiger partial charge in [0.05, 0.1) is 18.4 Å². The van der Waals surface area contributed by atoms with Crippen LogP contribution in [0.1, 0.15) is 36.4 Å². The van der Waals surface area contributed by atoms with Crippen molar-refractivity contribution in [1.29, 1.82) is 0 Å². The summed E-state index contributed by atoms with van der Waals surface area (Å²) in [5.74, 6) is -0.662. The molecule has 0 unspecified atom stereocenters. The fourth-order valence-corrected chi connectivity index (χ4v) is 2.14. The number of imide groups is 1. The van der Waals surface area contributed by atoms with Gasteiger partial charge in [-0.05, 0) is 37.6 Å². The second kappa shape index (κ2) is 10.0. The third-order valence-electron chi connectivity index (χ3n) is 3.76. The zero-order valence-corrected chi connectivity index (χ0v) is 15.3. The lowest BCUT2D eigenvalue weighted by Gasteiger charge is -2.12. The highest BCUT2D eigenvalue weighted by Crippen LogP contribution is 2.17. The van der Waals surface area contributed by atoms with E-state index in [2.05, 4.69) is 16.0 Å². The monoisotopic (exact) mass is 373 g/mol. The summed E-state index contributed by atoms with van der Waals surface area (Å²) in [5, 5.41) is 7.79. The molecule has 1 aromatic carbocycles. The van der Waals surface area contributed by atoms with E-state index in [-0.39, 0.29) is 11.6 Å². The number of anilines is 1. The maximum Gasteiger partial charge on any atom is 0.340 e. The van der Waals surface area contributed by atoms with Gasteiger partial charge in [0.15, 0.2) is 6.61 Å². The van der Waals surface area contributed by atoms with Gasteiger partial charge in [-0.25, -0.2) is 9.59 Å². The van der Waals surface area contributed by atoms with Crippen molar-refractivity contribution in [2.24, 2.45) is 0 Å². The first-order valence-corrected chi connectivity index (χ1v) is 8.62. The molecule has 0 saturated carbocycles. The predicted octanol–water partition coefficient (Wildman–Crippen LogP) is 2.67. The fourth-order valence-electron chi connectivity index (χ4n) is 2.14. The number of ether oxygens (including phenoxy) is 1. The summed E-state index contributed by atoms with van der Waals surface area (Å²) in [5.41, 5.74) is 0.828. The highest BCUT2D eigenvalue weighted by molar-refractivity contribution is 5.99. The van der Waals surface area contributed by atoms with Gasteiger partial charge in [0.25, 0.3) is 5.91 Å². The molecule has 144 valence electrons. The number of esters is 1. The molecule has 3 amide bonds. The van der Waals surface area contributed by atoms with Crippen LogP contribution in [0.3, 0.4) is 0 Å². The van der Waals surface area contributed by atoms with E-state index in [0.717, 1.165) is 6.42 Å². The van der Waals surface area contributed by atoms with Crippen molar-refractivity contribution >= 4 is 23.6 Å². The number of hydrogen-bond acceptors (Lipinski definition) is 6. The zero-order chi connectivity index (χ0) is 19.6. The van der Waals surface area contributed by atoms with E-state index in [1.54, 1.807) is 36.6 Å². The number of rotatable bonds is 8. The maximum absolute atomic E-state index is 12.3. The van der Waals surface area contributed by atoms with E-state index in [1.165, 1.54) is 0 Å². The van der Waals surface area contributed by atoms with Crippen LogP contribution in [0.15, 0.2) is 47.1 Å². The Labute approximate surface area is 157 Å². The number of para-hydroxylation sites is 1. The lowest BCUT2D eigenvalue weighted by molar-refractivity contribution is -0.123.